The van der Waals surface area contributed by atoms with Gasteiger partial charge in [0.25, 0.3) is 5.56 Å². The minimum absolute atomic E-state index is 0.0421. The molecule has 2 aromatic carbocycles. The Morgan fingerprint density at radius 2 is 1.83 bits per heavy atom. The van der Waals surface area contributed by atoms with Gasteiger partial charge in [0.2, 0.25) is 5.78 Å². The lowest BCUT2D eigenvalue weighted by Gasteiger charge is -2.11. The molecule has 0 aliphatic carbocycles. The molecule has 146 valence electrons. The zero-order chi connectivity index (χ0) is 20.4. The second kappa shape index (κ2) is 7.93. The highest BCUT2D eigenvalue weighted by molar-refractivity contribution is 6.30. The van der Waals surface area contributed by atoms with Gasteiger partial charge in [0, 0.05) is 28.5 Å². The molecule has 0 aliphatic rings. The molecule has 0 atom stereocenters. The van der Waals surface area contributed by atoms with Gasteiger partial charge in [0.15, 0.2) is 0 Å². The van der Waals surface area contributed by atoms with Crippen molar-refractivity contribution in [1.82, 2.24) is 14.0 Å². The number of aryl methyl sites for hydroxylation is 1. The molecule has 4 aromatic rings. The summed E-state index contributed by atoms with van der Waals surface area (Å²) in [5, 5.41) is 0.620. The molecule has 2 heterocycles. The van der Waals surface area contributed by atoms with Crippen LogP contribution in [0.2, 0.25) is 5.02 Å². The van der Waals surface area contributed by atoms with Crippen molar-refractivity contribution in [3.63, 3.8) is 0 Å². The Morgan fingerprint density at radius 3 is 2.55 bits per heavy atom. The Balaban J connectivity index is 1.64. The number of benzene rings is 2. The number of esters is 1. The second-order valence-corrected chi connectivity index (χ2v) is 7.10. The highest BCUT2D eigenvalue weighted by atomic mass is 35.5. The molecule has 0 radical (unpaired) electrons. The van der Waals surface area contributed by atoms with E-state index < -0.39 is 5.97 Å². The molecule has 6 nitrogen and oxygen atoms in total. The van der Waals surface area contributed by atoms with Crippen molar-refractivity contribution in [2.24, 2.45) is 0 Å². The monoisotopic (exact) mass is 407 g/mol. The van der Waals surface area contributed by atoms with Gasteiger partial charge in [-0.05, 0) is 24.6 Å². The topological polar surface area (TPSA) is 65.6 Å². The Hall–Kier alpha value is -3.38. The van der Waals surface area contributed by atoms with E-state index in [1.165, 1.54) is 10.5 Å². The molecular formula is C22H18ClN3O3. The number of hydrogen-bond acceptors (Lipinski definition) is 4. The maximum atomic E-state index is 12.4. The van der Waals surface area contributed by atoms with Crippen LogP contribution in [0.1, 0.15) is 11.3 Å². The van der Waals surface area contributed by atoms with Crippen molar-refractivity contribution in [3.8, 4) is 11.3 Å². The minimum atomic E-state index is -0.404. The number of rotatable bonds is 5. The van der Waals surface area contributed by atoms with Crippen LogP contribution < -0.4 is 5.56 Å². The van der Waals surface area contributed by atoms with Crippen molar-refractivity contribution in [3.05, 3.63) is 93.5 Å². The fraction of sp³-hybridized carbons (Fsp3) is 0.136. The smallest absolute Gasteiger partial charge is 0.326 e. The number of fused-ring (bicyclic) bond motifs is 1. The lowest BCUT2D eigenvalue weighted by Crippen LogP contribution is -2.22. The van der Waals surface area contributed by atoms with E-state index in [0.29, 0.717) is 22.2 Å². The van der Waals surface area contributed by atoms with Crippen LogP contribution in [0.25, 0.3) is 17.0 Å². The Labute approximate surface area is 172 Å². The fourth-order valence-electron chi connectivity index (χ4n) is 3.07. The van der Waals surface area contributed by atoms with Crippen molar-refractivity contribution in [2.75, 3.05) is 0 Å². The van der Waals surface area contributed by atoms with Gasteiger partial charge in [0.1, 0.15) is 13.2 Å². The SMILES string of the molecule is Cc1cc(=O)n2cc(-c3ccc(Cl)cc3)nc2n1CC(=O)OCc1ccccc1. The summed E-state index contributed by atoms with van der Waals surface area (Å²) in [6, 6.07) is 18.1. The maximum absolute atomic E-state index is 12.4. The Kier molecular flexibility index (Phi) is 5.18. The summed E-state index contributed by atoms with van der Waals surface area (Å²) < 4.78 is 8.49. The number of nitrogens with zero attached hydrogens (tertiary/aromatic N) is 3. The molecule has 0 N–H and O–H groups in total. The Bertz CT molecular complexity index is 1230. The van der Waals surface area contributed by atoms with Crippen LogP contribution in [0, 0.1) is 6.92 Å². The van der Waals surface area contributed by atoms with Crippen LogP contribution in [0.15, 0.2) is 71.7 Å². The van der Waals surface area contributed by atoms with Crippen LogP contribution in [-0.4, -0.2) is 19.9 Å². The predicted octanol–water partition coefficient (Wildman–Crippen LogP) is 3.87. The largest absolute Gasteiger partial charge is 0.459 e. The van der Waals surface area contributed by atoms with E-state index in [9.17, 15) is 9.59 Å². The molecule has 4 rings (SSSR count). The summed E-state index contributed by atoms with van der Waals surface area (Å²) >= 11 is 5.95. The highest BCUT2D eigenvalue weighted by Gasteiger charge is 2.15. The fourth-order valence-corrected chi connectivity index (χ4v) is 3.20. The van der Waals surface area contributed by atoms with E-state index in [0.717, 1.165) is 11.1 Å². The third-order valence-corrected chi connectivity index (χ3v) is 4.85. The molecule has 0 saturated heterocycles. The first kappa shape index (κ1) is 19.0. The van der Waals surface area contributed by atoms with Crippen LogP contribution in [0.4, 0.5) is 0 Å². The van der Waals surface area contributed by atoms with Crippen LogP contribution in [0.3, 0.4) is 0 Å². The Morgan fingerprint density at radius 1 is 1.10 bits per heavy atom. The zero-order valence-electron chi connectivity index (χ0n) is 15.7. The molecule has 2 aromatic heterocycles. The molecule has 0 fully saturated rings. The standard InChI is InChI=1S/C22H18ClN3O3/c1-15-11-20(27)26-12-19(17-7-9-18(23)10-8-17)24-22(26)25(15)13-21(28)29-14-16-5-3-2-4-6-16/h2-12H,13-14H2,1H3. The summed E-state index contributed by atoms with van der Waals surface area (Å²) in [5.74, 6) is -0.0184. The number of carbonyl (C=O) groups excluding carboxylic acids is 1. The number of carbonyl (C=O) groups is 1. The average molecular weight is 408 g/mol. The van der Waals surface area contributed by atoms with Crippen molar-refractivity contribution in [1.29, 1.82) is 0 Å². The minimum Gasteiger partial charge on any atom is -0.459 e. The molecular weight excluding hydrogens is 390 g/mol. The third-order valence-electron chi connectivity index (χ3n) is 4.59. The van der Waals surface area contributed by atoms with Gasteiger partial charge in [-0.3, -0.25) is 14.0 Å². The predicted molar refractivity (Wildman–Crippen MR) is 111 cm³/mol. The zero-order valence-corrected chi connectivity index (χ0v) is 16.5. The molecule has 0 aliphatic heterocycles. The van der Waals surface area contributed by atoms with Gasteiger partial charge in [0.05, 0.1) is 5.69 Å². The van der Waals surface area contributed by atoms with Crippen LogP contribution in [-0.2, 0) is 22.7 Å². The van der Waals surface area contributed by atoms with E-state index >= 15 is 0 Å². The number of imidazole rings is 1. The average Bonchev–Trinajstić information content (AvgIpc) is 3.17. The lowest BCUT2D eigenvalue weighted by molar-refractivity contribution is -0.145. The molecule has 0 spiro atoms. The first-order valence-electron chi connectivity index (χ1n) is 9.06. The van der Waals surface area contributed by atoms with Crippen molar-refractivity contribution >= 4 is 23.3 Å². The number of aromatic nitrogens is 3. The van der Waals surface area contributed by atoms with E-state index in [1.54, 1.807) is 29.8 Å². The van der Waals surface area contributed by atoms with Crippen molar-refractivity contribution < 1.29 is 9.53 Å². The van der Waals surface area contributed by atoms with Gasteiger partial charge in [-0.1, -0.05) is 54.1 Å². The summed E-state index contributed by atoms with van der Waals surface area (Å²) in [7, 11) is 0. The van der Waals surface area contributed by atoms with Gasteiger partial charge >= 0.3 is 5.97 Å². The van der Waals surface area contributed by atoms with Crippen LogP contribution in [0.5, 0.6) is 0 Å². The summed E-state index contributed by atoms with van der Waals surface area (Å²) in [6.07, 6.45) is 1.66. The summed E-state index contributed by atoms with van der Waals surface area (Å²) in [6.45, 7) is 1.92. The molecule has 0 bridgehead atoms. The molecule has 7 heteroatoms. The molecule has 0 unspecified atom stereocenters. The highest BCUT2D eigenvalue weighted by Crippen LogP contribution is 2.21. The summed E-state index contributed by atoms with van der Waals surface area (Å²) in [4.78, 5) is 29.4. The normalized spacial score (nSPS) is 11.0. The van der Waals surface area contributed by atoms with E-state index in [4.69, 9.17) is 16.3 Å². The number of hydrogen-bond donors (Lipinski definition) is 0. The molecule has 0 saturated carbocycles. The van der Waals surface area contributed by atoms with E-state index in [1.807, 2.05) is 42.5 Å². The molecule has 0 amide bonds. The van der Waals surface area contributed by atoms with Crippen molar-refractivity contribution in [2.45, 2.75) is 20.1 Å². The summed E-state index contributed by atoms with van der Waals surface area (Å²) in [5.41, 5.74) is 2.78. The first-order chi connectivity index (χ1) is 14.0. The third kappa shape index (κ3) is 4.07. The first-order valence-corrected chi connectivity index (χ1v) is 9.44. The second-order valence-electron chi connectivity index (χ2n) is 6.66. The van der Waals surface area contributed by atoms with Gasteiger partial charge < -0.3 is 9.30 Å². The number of ether oxygens (including phenoxy) is 1. The van der Waals surface area contributed by atoms with E-state index in [-0.39, 0.29) is 18.7 Å². The maximum Gasteiger partial charge on any atom is 0.326 e. The van der Waals surface area contributed by atoms with Crippen LogP contribution >= 0.6 is 11.6 Å². The van der Waals surface area contributed by atoms with Gasteiger partial charge in [-0.15, -0.1) is 0 Å². The number of halogens is 1. The quantitative estimate of drug-likeness (QED) is 0.471. The van der Waals surface area contributed by atoms with Gasteiger partial charge in [-0.25, -0.2) is 4.98 Å². The van der Waals surface area contributed by atoms with Gasteiger partial charge in [-0.2, -0.15) is 0 Å². The van der Waals surface area contributed by atoms with E-state index in [2.05, 4.69) is 4.98 Å². The molecule has 29 heavy (non-hydrogen) atoms. The lowest BCUT2D eigenvalue weighted by atomic mass is 10.2.